The molecular formula is C5H13N. The molecule has 1 fully saturated rings. The number of hydrogen-bond acceptors (Lipinski definition) is 1. The second-order valence-electron chi connectivity index (χ2n) is 1.66. The summed E-state index contributed by atoms with van der Waals surface area (Å²) in [6, 6.07) is 0. The molecule has 1 aliphatic heterocycles. The summed E-state index contributed by atoms with van der Waals surface area (Å²) in [5.74, 6) is 0. The van der Waals surface area contributed by atoms with E-state index in [1.54, 1.807) is 0 Å². The fourth-order valence-electron chi connectivity index (χ4n) is 0.474. The van der Waals surface area contributed by atoms with Gasteiger partial charge >= 0.3 is 0 Å². The fraction of sp³-hybridized carbons (Fsp3) is 1.00. The molecule has 0 amide bonds. The zero-order valence-corrected chi connectivity index (χ0v) is 3.57. The maximum atomic E-state index is 2.31. The molecule has 0 aromatic carbocycles. The second-order valence-corrected chi connectivity index (χ2v) is 1.66. The first kappa shape index (κ1) is 5.96. The van der Waals surface area contributed by atoms with Crippen LogP contribution in [-0.2, 0) is 0 Å². The van der Waals surface area contributed by atoms with Crippen LogP contribution in [0, 0.1) is 0 Å². The van der Waals surface area contributed by atoms with Gasteiger partial charge in [-0.3, -0.25) is 0 Å². The highest BCUT2D eigenvalue weighted by Crippen LogP contribution is 1.98. The molecule has 0 aromatic rings. The Morgan fingerprint density at radius 3 is 1.67 bits per heavy atom. The Bertz CT molecular complexity index is 30.9. The van der Waals surface area contributed by atoms with Crippen LogP contribution in [0.1, 0.15) is 13.8 Å². The van der Waals surface area contributed by atoms with E-state index in [-0.39, 0.29) is 7.43 Å². The molecule has 0 radical (unpaired) electrons. The zero-order valence-electron chi connectivity index (χ0n) is 3.57. The molecule has 0 atom stereocenters. The van der Waals surface area contributed by atoms with Gasteiger partial charge in [-0.15, -0.1) is 0 Å². The van der Waals surface area contributed by atoms with Gasteiger partial charge in [0.15, 0.2) is 0 Å². The Kier molecular flexibility index (Phi) is 2.18. The number of rotatable bonds is 0. The monoisotopic (exact) mass is 87.1 g/mol. The minimum absolute atomic E-state index is 0. The number of nitrogens with zero attached hydrogens (tertiary/aromatic N) is 1. The molecule has 0 unspecified atom stereocenters. The molecule has 1 saturated heterocycles. The normalized spacial score (nSPS) is 21.5. The molecule has 6 heavy (non-hydrogen) atoms. The van der Waals surface area contributed by atoms with Crippen molar-refractivity contribution >= 4 is 0 Å². The van der Waals surface area contributed by atoms with E-state index in [9.17, 15) is 0 Å². The molecule has 0 N–H and O–H groups in total. The van der Waals surface area contributed by atoms with Crippen LogP contribution in [0.25, 0.3) is 0 Å². The smallest absolute Gasteiger partial charge is 0.000959 e. The summed E-state index contributed by atoms with van der Waals surface area (Å²) in [6.07, 6.45) is 1.41. The molecule has 1 nitrogen and oxygen atoms in total. The predicted octanol–water partition coefficient (Wildman–Crippen LogP) is 0.958. The van der Waals surface area contributed by atoms with Crippen LogP contribution in [0.3, 0.4) is 0 Å². The summed E-state index contributed by atoms with van der Waals surface area (Å²) < 4.78 is 0. The van der Waals surface area contributed by atoms with Crippen molar-refractivity contribution in [1.82, 2.24) is 4.90 Å². The third kappa shape index (κ3) is 0.977. The van der Waals surface area contributed by atoms with Gasteiger partial charge in [-0.25, -0.2) is 0 Å². The van der Waals surface area contributed by atoms with Gasteiger partial charge < -0.3 is 4.90 Å². The summed E-state index contributed by atoms with van der Waals surface area (Å²) >= 11 is 0. The van der Waals surface area contributed by atoms with Gasteiger partial charge in [-0.1, -0.05) is 7.43 Å². The van der Waals surface area contributed by atoms with E-state index in [1.165, 1.54) is 19.5 Å². The Balaban J connectivity index is 0.000000250. The molecule has 1 heterocycles. The van der Waals surface area contributed by atoms with Crippen LogP contribution in [0.2, 0.25) is 0 Å². The molecule has 0 aromatic heterocycles. The average molecular weight is 87.2 g/mol. The highest BCUT2D eigenvalue weighted by Gasteiger charge is 2.04. The van der Waals surface area contributed by atoms with Crippen LogP contribution in [0.4, 0.5) is 0 Å². The third-order valence-corrected chi connectivity index (χ3v) is 1.08. The standard InChI is InChI=1S/C4H9N.CH4/c1-5-3-2-4-5;/h2-4H2,1H3;1H4. The maximum Gasteiger partial charge on any atom is -0.000959 e. The van der Waals surface area contributed by atoms with Crippen molar-refractivity contribution in [2.45, 2.75) is 13.8 Å². The average Bonchev–Trinajstić information content (AvgIpc) is 1.30. The lowest BCUT2D eigenvalue weighted by Crippen LogP contribution is -2.32. The molecule has 0 spiro atoms. The Morgan fingerprint density at radius 1 is 1.33 bits per heavy atom. The summed E-state index contributed by atoms with van der Waals surface area (Å²) in [4.78, 5) is 2.31. The van der Waals surface area contributed by atoms with Crippen molar-refractivity contribution in [1.29, 1.82) is 0 Å². The lowest BCUT2D eigenvalue weighted by Gasteiger charge is -2.24. The van der Waals surface area contributed by atoms with Crippen LogP contribution in [0.15, 0.2) is 0 Å². The Morgan fingerprint density at radius 2 is 1.67 bits per heavy atom. The molecule has 0 bridgehead atoms. The summed E-state index contributed by atoms with van der Waals surface area (Å²) in [5, 5.41) is 0. The first-order valence-corrected chi connectivity index (χ1v) is 2.08. The lowest BCUT2D eigenvalue weighted by molar-refractivity contribution is 0.229. The SMILES string of the molecule is C.CN1CCC1. The van der Waals surface area contributed by atoms with E-state index < -0.39 is 0 Å². The van der Waals surface area contributed by atoms with Gasteiger partial charge in [0, 0.05) is 0 Å². The summed E-state index contributed by atoms with van der Waals surface area (Å²) in [5.41, 5.74) is 0. The van der Waals surface area contributed by atoms with E-state index in [0.29, 0.717) is 0 Å². The van der Waals surface area contributed by atoms with Crippen molar-refractivity contribution < 1.29 is 0 Å². The van der Waals surface area contributed by atoms with Crippen LogP contribution in [0.5, 0.6) is 0 Å². The molecule has 38 valence electrons. The van der Waals surface area contributed by atoms with Crippen molar-refractivity contribution in [3.05, 3.63) is 0 Å². The highest BCUT2D eigenvalue weighted by molar-refractivity contribution is 4.61. The predicted molar refractivity (Wildman–Crippen MR) is 28.8 cm³/mol. The zero-order chi connectivity index (χ0) is 3.70. The molecular weight excluding hydrogens is 74.1 g/mol. The van der Waals surface area contributed by atoms with Crippen molar-refractivity contribution in [2.24, 2.45) is 0 Å². The maximum absolute atomic E-state index is 2.31. The van der Waals surface area contributed by atoms with Gasteiger partial charge in [0.25, 0.3) is 0 Å². The molecule has 0 aliphatic carbocycles. The van der Waals surface area contributed by atoms with Crippen molar-refractivity contribution in [2.75, 3.05) is 20.1 Å². The van der Waals surface area contributed by atoms with E-state index in [2.05, 4.69) is 11.9 Å². The Hall–Kier alpha value is -0.0400. The van der Waals surface area contributed by atoms with Crippen LogP contribution >= 0.6 is 0 Å². The van der Waals surface area contributed by atoms with E-state index >= 15 is 0 Å². The first-order valence-electron chi connectivity index (χ1n) is 2.08. The van der Waals surface area contributed by atoms with Gasteiger partial charge in [-0.05, 0) is 26.6 Å². The lowest BCUT2D eigenvalue weighted by atomic mass is 10.3. The van der Waals surface area contributed by atoms with Crippen molar-refractivity contribution in [3.63, 3.8) is 0 Å². The number of hydrogen-bond donors (Lipinski definition) is 0. The number of likely N-dealkylation sites (tertiary alicyclic amines) is 1. The topological polar surface area (TPSA) is 3.24 Å². The van der Waals surface area contributed by atoms with Gasteiger partial charge in [0.2, 0.25) is 0 Å². The minimum Gasteiger partial charge on any atom is -0.306 e. The quantitative estimate of drug-likeness (QED) is 0.425. The molecule has 1 aliphatic rings. The summed E-state index contributed by atoms with van der Waals surface area (Å²) in [7, 11) is 2.14. The van der Waals surface area contributed by atoms with Crippen molar-refractivity contribution in [3.8, 4) is 0 Å². The highest BCUT2D eigenvalue weighted by atomic mass is 15.1. The summed E-state index contributed by atoms with van der Waals surface area (Å²) in [6.45, 7) is 2.64. The van der Waals surface area contributed by atoms with E-state index in [4.69, 9.17) is 0 Å². The van der Waals surface area contributed by atoms with Gasteiger partial charge in [-0.2, -0.15) is 0 Å². The first-order chi connectivity index (χ1) is 2.39. The van der Waals surface area contributed by atoms with E-state index in [1.807, 2.05) is 0 Å². The van der Waals surface area contributed by atoms with Gasteiger partial charge in [0.1, 0.15) is 0 Å². The fourth-order valence-corrected chi connectivity index (χ4v) is 0.474. The second kappa shape index (κ2) is 2.19. The molecule has 1 heteroatoms. The largest absolute Gasteiger partial charge is 0.306 e. The third-order valence-electron chi connectivity index (χ3n) is 1.08. The Labute approximate surface area is 40.0 Å². The molecule has 0 saturated carbocycles. The molecule has 1 rings (SSSR count). The van der Waals surface area contributed by atoms with Gasteiger partial charge in [0.05, 0.1) is 0 Å². The van der Waals surface area contributed by atoms with Crippen LogP contribution < -0.4 is 0 Å². The van der Waals surface area contributed by atoms with E-state index in [0.717, 1.165) is 0 Å². The van der Waals surface area contributed by atoms with Crippen LogP contribution in [-0.4, -0.2) is 25.0 Å². The minimum atomic E-state index is 0.